The number of nitrogens with zero attached hydrogens (tertiary/aromatic N) is 1. The summed E-state index contributed by atoms with van der Waals surface area (Å²) in [6, 6.07) is -2.37. The van der Waals surface area contributed by atoms with Gasteiger partial charge in [0.1, 0.15) is 11.5 Å². The van der Waals surface area contributed by atoms with Crippen molar-refractivity contribution in [1.29, 1.82) is 0 Å². The van der Waals surface area contributed by atoms with Gasteiger partial charge in [-0.1, -0.05) is 6.92 Å². The summed E-state index contributed by atoms with van der Waals surface area (Å²) >= 11 is 1.85. The van der Waals surface area contributed by atoms with E-state index in [0.29, 0.717) is 24.0 Å². The van der Waals surface area contributed by atoms with Crippen molar-refractivity contribution in [2.45, 2.75) is 74.2 Å². The van der Waals surface area contributed by atoms with Crippen LogP contribution in [0.1, 0.15) is 39.0 Å². The molecule has 0 aliphatic carbocycles. The number of carbonyl (C=O) groups is 1. The second-order valence-corrected chi connectivity index (χ2v) is 9.44. The summed E-state index contributed by atoms with van der Waals surface area (Å²) in [4.78, 5) is 14.7. The molecule has 0 aromatic heterocycles. The van der Waals surface area contributed by atoms with Crippen molar-refractivity contribution in [2.24, 2.45) is 5.92 Å². The normalized spacial score (nSPS) is 36.2. The second kappa shape index (κ2) is 9.48. The highest BCUT2D eigenvalue weighted by Crippen LogP contribution is 2.31. The van der Waals surface area contributed by atoms with Crippen LogP contribution in [0.5, 0.6) is 0 Å². The van der Waals surface area contributed by atoms with Gasteiger partial charge < -0.3 is 5.32 Å². The molecule has 7 nitrogen and oxygen atoms in total. The summed E-state index contributed by atoms with van der Waals surface area (Å²) in [7, 11) is 2.05. The number of alkyl halides is 3. The molecule has 0 radical (unpaired) electrons. The fraction of sp³-hybridized carbons (Fsp3) is 0.941. The van der Waals surface area contributed by atoms with E-state index in [-0.39, 0.29) is 24.0 Å². The lowest BCUT2D eigenvalue weighted by molar-refractivity contribution is -0.164. The van der Waals surface area contributed by atoms with E-state index >= 15 is 0 Å². The maximum absolute atomic E-state index is 12.9. The lowest BCUT2D eigenvalue weighted by atomic mass is 9.92. The first-order chi connectivity index (χ1) is 13.2. The van der Waals surface area contributed by atoms with E-state index in [1.807, 2.05) is 18.8 Å². The van der Waals surface area contributed by atoms with E-state index in [2.05, 4.69) is 38.6 Å². The third-order valence-electron chi connectivity index (χ3n) is 5.82. The van der Waals surface area contributed by atoms with Crippen molar-refractivity contribution in [3.63, 3.8) is 0 Å². The van der Waals surface area contributed by atoms with Crippen molar-refractivity contribution in [1.82, 2.24) is 31.7 Å². The number of hydrogen-bond donors (Lipinski definition) is 5. The maximum atomic E-state index is 12.9. The van der Waals surface area contributed by atoms with E-state index in [1.54, 1.807) is 0 Å². The Balaban J connectivity index is 1.48. The van der Waals surface area contributed by atoms with Crippen LogP contribution in [-0.4, -0.2) is 66.2 Å². The van der Waals surface area contributed by atoms with Crippen molar-refractivity contribution < 1.29 is 18.0 Å². The first-order valence-corrected chi connectivity index (χ1v) is 10.9. The van der Waals surface area contributed by atoms with E-state index in [9.17, 15) is 18.0 Å². The van der Waals surface area contributed by atoms with E-state index < -0.39 is 18.3 Å². The Morgan fingerprint density at radius 1 is 1.29 bits per heavy atom. The molecule has 3 heterocycles. The molecule has 0 aromatic carbocycles. The number of halogens is 3. The molecule has 11 heteroatoms. The van der Waals surface area contributed by atoms with E-state index in [4.69, 9.17) is 0 Å². The number of thioether (sulfide) groups is 1. The van der Waals surface area contributed by atoms with Crippen LogP contribution in [0.3, 0.4) is 0 Å². The highest BCUT2D eigenvalue weighted by molar-refractivity contribution is 8.00. The van der Waals surface area contributed by atoms with Crippen LogP contribution in [0.4, 0.5) is 13.2 Å². The molecule has 5 unspecified atom stereocenters. The molecule has 1 amide bonds. The molecule has 3 saturated heterocycles. The molecule has 3 fully saturated rings. The van der Waals surface area contributed by atoms with Gasteiger partial charge in [-0.25, -0.2) is 10.9 Å². The standard InChI is InChI=1S/C17H31F3N6OS/c1-10(28-16-25-22-9-26(16)2)11-6-7-21-14(8-11)24-15(27)12-4-3-5-13(23-12)17(18,19)20/h10-14,16,21-23,25H,3-9H2,1-2H3,(H,24,27)/t10-,11?,12?,13?,14?,16?/m0/s1. The highest BCUT2D eigenvalue weighted by Gasteiger charge is 2.43. The summed E-state index contributed by atoms with van der Waals surface area (Å²) in [6.07, 6.45) is -1.84. The minimum absolute atomic E-state index is 0.0320. The molecule has 28 heavy (non-hydrogen) atoms. The molecular formula is C17H31F3N6OS. The molecule has 0 aromatic rings. The van der Waals surface area contributed by atoms with Gasteiger partial charge in [0.15, 0.2) is 0 Å². The average Bonchev–Trinajstić information content (AvgIpc) is 3.06. The van der Waals surface area contributed by atoms with E-state index in [1.165, 1.54) is 0 Å². The molecule has 0 bridgehead atoms. The van der Waals surface area contributed by atoms with Gasteiger partial charge in [-0.2, -0.15) is 13.2 Å². The number of hydrazine groups is 1. The molecular weight excluding hydrogens is 393 g/mol. The van der Waals surface area contributed by atoms with Crippen LogP contribution in [0.15, 0.2) is 0 Å². The molecule has 3 rings (SSSR count). The first kappa shape index (κ1) is 22.1. The van der Waals surface area contributed by atoms with Gasteiger partial charge >= 0.3 is 6.18 Å². The number of amides is 1. The second-order valence-electron chi connectivity index (χ2n) is 7.97. The van der Waals surface area contributed by atoms with Gasteiger partial charge in [-0.15, -0.1) is 11.8 Å². The van der Waals surface area contributed by atoms with Crippen molar-refractivity contribution in [3.8, 4) is 0 Å². The van der Waals surface area contributed by atoms with Crippen LogP contribution >= 0.6 is 11.8 Å². The molecule has 6 atom stereocenters. The predicted molar refractivity (Wildman–Crippen MR) is 103 cm³/mol. The lowest BCUT2D eigenvalue weighted by Gasteiger charge is -2.37. The minimum atomic E-state index is -4.31. The third kappa shape index (κ3) is 5.73. The summed E-state index contributed by atoms with van der Waals surface area (Å²) in [5.41, 5.74) is 6.56. The van der Waals surface area contributed by atoms with Gasteiger partial charge in [-0.3, -0.25) is 20.3 Å². The number of piperidine rings is 2. The summed E-state index contributed by atoms with van der Waals surface area (Å²) in [6.45, 7) is 3.78. The van der Waals surface area contributed by atoms with Gasteiger partial charge in [0.2, 0.25) is 5.91 Å². The molecule has 162 valence electrons. The lowest BCUT2D eigenvalue weighted by Crippen LogP contribution is -2.59. The van der Waals surface area contributed by atoms with Crippen LogP contribution < -0.4 is 26.8 Å². The topological polar surface area (TPSA) is 80.5 Å². The number of hydrogen-bond acceptors (Lipinski definition) is 7. The summed E-state index contributed by atoms with van der Waals surface area (Å²) in [5, 5.41) is 9.08. The van der Waals surface area contributed by atoms with E-state index in [0.717, 1.165) is 26.1 Å². The summed E-state index contributed by atoms with van der Waals surface area (Å²) < 4.78 is 38.8. The third-order valence-corrected chi connectivity index (χ3v) is 7.37. The zero-order valence-corrected chi connectivity index (χ0v) is 17.1. The molecule has 0 saturated carbocycles. The van der Waals surface area contributed by atoms with Crippen LogP contribution in [-0.2, 0) is 4.79 Å². The van der Waals surface area contributed by atoms with Gasteiger partial charge in [-0.05, 0) is 51.6 Å². The van der Waals surface area contributed by atoms with Crippen LogP contribution in [0.2, 0.25) is 0 Å². The minimum Gasteiger partial charge on any atom is -0.339 e. The average molecular weight is 425 g/mol. The largest absolute Gasteiger partial charge is 0.403 e. The fourth-order valence-electron chi connectivity index (χ4n) is 4.06. The quantitative estimate of drug-likeness (QED) is 0.449. The van der Waals surface area contributed by atoms with Crippen LogP contribution in [0.25, 0.3) is 0 Å². The van der Waals surface area contributed by atoms with Gasteiger partial charge in [0.05, 0.1) is 18.9 Å². The van der Waals surface area contributed by atoms with Gasteiger partial charge in [0.25, 0.3) is 0 Å². The number of carbonyl (C=O) groups excluding carboxylic acids is 1. The Labute approximate surface area is 168 Å². The van der Waals surface area contributed by atoms with Crippen molar-refractivity contribution in [3.05, 3.63) is 0 Å². The number of nitrogens with one attached hydrogen (secondary N) is 5. The number of rotatable bonds is 5. The predicted octanol–water partition coefficient (Wildman–Crippen LogP) is 0.904. The SMILES string of the molecule is C[C@H](SC1NNCN1C)C1CCNC(NC(=O)C2CCCC(C(F)(F)F)N2)C1. The zero-order valence-electron chi connectivity index (χ0n) is 16.3. The molecule has 3 aliphatic rings. The maximum Gasteiger partial charge on any atom is 0.403 e. The van der Waals surface area contributed by atoms with Crippen molar-refractivity contribution >= 4 is 17.7 Å². The highest BCUT2D eigenvalue weighted by atomic mass is 32.2. The smallest absolute Gasteiger partial charge is 0.339 e. The van der Waals surface area contributed by atoms with Crippen LogP contribution in [0, 0.1) is 5.92 Å². The Kier molecular flexibility index (Phi) is 7.48. The monoisotopic (exact) mass is 424 g/mol. The van der Waals surface area contributed by atoms with Gasteiger partial charge in [0, 0.05) is 5.25 Å². The van der Waals surface area contributed by atoms with Crippen molar-refractivity contribution in [2.75, 3.05) is 20.3 Å². The summed E-state index contributed by atoms with van der Waals surface area (Å²) in [5.74, 6) is 0.0865. The molecule has 0 spiro atoms. The Hall–Kier alpha value is -0.590. The Bertz CT molecular complexity index is 540. The first-order valence-electron chi connectivity index (χ1n) is 9.94. The molecule has 5 N–H and O–H groups in total. The molecule has 3 aliphatic heterocycles. The Morgan fingerprint density at radius 2 is 2.07 bits per heavy atom. The fourth-order valence-corrected chi connectivity index (χ4v) is 5.37. The zero-order chi connectivity index (χ0) is 20.3. The Morgan fingerprint density at radius 3 is 2.75 bits per heavy atom.